The summed E-state index contributed by atoms with van der Waals surface area (Å²) in [6.45, 7) is 4.06. The van der Waals surface area contributed by atoms with Gasteiger partial charge >= 0.3 is 59.1 Å². The van der Waals surface area contributed by atoms with Gasteiger partial charge < -0.3 is 28.0 Å². The number of hydrogen-bond donors (Lipinski definition) is 0. The van der Waals surface area contributed by atoms with E-state index in [1.54, 1.807) is 0 Å². The van der Waals surface area contributed by atoms with E-state index in [1.165, 1.54) is 14.2 Å². The van der Waals surface area contributed by atoms with Crippen LogP contribution < -0.4 is 68.9 Å². The molecule has 0 fully saturated rings. The van der Waals surface area contributed by atoms with E-state index in [9.17, 15) is 18.9 Å². The molecular weight excluding hydrogens is 348 g/mol. The first-order valence-corrected chi connectivity index (χ1v) is 10.4. The maximum atomic E-state index is 10.7. The average Bonchev–Trinajstić information content (AvgIpc) is 2.40. The molecule has 0 aromatic rings. The molecule has 0 radical (unpaired) electrons. The van der Waals surface area contributed by atoms with Gasteiger partial charge in [-0.15, -0.1) is 0 Å². The Morgan fingerprint density at radius 1 is 0.727 bits per heavy atom. The summed E-state index contributed by atoms with van der Waals surface area (Å²) >= 11 is 0. The Hall–Kier alpha value is 2.30. The molecule has 22 heavy (non-hydrogen) atoms. The van der Waals surface area contributed by atoms with Gasteiger partial charge in [-0.3, -0.25) is 0 Å². The van der Waals surface area contributed by atoms with Gasteiger partial charge in [0.25, 0.3) is 0 Å². The summed E-state index contributed by atoms with van der Waals surface area (Å²) in [5.41, 5.74) is 0. The number of unbranched alkanes of at least 4 members (excludes halogenated alkanes) is 4. The van der Waals surface area contributed by atoms with Crippen LogP contribution in [0.4, 0.5) is 0 Å². The van der Waals surface area contributed by atoms with Crippen molar-refractivity contribution in [3.8, 4) is 0 Å². The Labute approximate surface area is 179 Å². The molecule has 0 rings (SSSR count). The van der Waals surface area contributed by atoms with E-state index in [0.29, 0.717) is 12.8 Å². The van der Waals surface area contributed by atoms with Crippen molar-refractivity contribution in [2.24, 2.45) is 0 Å². The van der Waals surface area contributed by atoms with Crippen LogP contribution in [0.25, 0.3) is 0 Å². The van der Waals surface area contributed by atoms with Crippen LogP contribution in [0.5, 0.6) is 0 Å². The molecule has 0 aliphatic carbocycles. The second-order valence-electron chi connectivity index (χ2n) is 4.45. The van der Waals surface area contributed by atoms with Gasteiger partial charge in [-0.05, 0) is 12.8 Å². The van der Waals surface area contributed by atoms with E-state index in [2.05, 4.69) is 9.05 Å². The van der Waals surface area contributed by atoms with Gasteiger partial charge in [-0.25, -0.2) is 0 Å². The Morgan fingerprint density at radius 3 is 1.18 bits per heavy atom. The van der Waals surface area contributed by atoms with Crippen LogP contribution in [-0.2, 0) is 18.2 Å². The van der Waals surface area contributed by atoms with Crippen molar-refractivity contribution in [3.63, 3.8) is 0 Å². The molecule has 0 spiro atoms. The summed E-state index contributed by atoms with van der Waals surface area (Å²) in [4.78, 5) is 21.4. The summed E-state index contributed by atoms with van der Waals surface area (Å²) in [7, 11) is -4.49. The quantitative estimate of drug-likeness (QED) is 0.226. The van der Waals surface area contributed by atoms with Crippen molar-refractivity contribution in [3.05, 3.63) is 0 Å². The molecule has 0 heterocycles. The molecule has 6 nitrogen and oxygen atoms in total. The number of rotatable bonds is 10. The first-order chi connectivity index (χ1) is 9.24. The maximum absolute atomic E-state index is 10.7. The minimum Gasteiger partial charge on any atom is -0.779 e. The fourth-order valence-electron chi connectivity index (χ4n) is 1.29. The van der Waals surface area contributed by atoms with Gasteiger partial charge in [0.15, 0.2) is 0 Å². The summed E-state index contributed by atoms with van der Waals surface area (Å²) in [6.07, 6.45) is 5.75. The molecule has 0 saturated carbocycles. The number of hydrogen-bond acceptors (Lipinski definition) is 6. The normalized spacial score (nSPS) is 15.2. The fraction of sp³-hybridized carbons (Fsp3) is 1.00. The molecule has 0 saturated heterocycles. The zero-order chi connectivity index (χ0) is 16.1. The molecule has 0 N–H and O–H groups in total. The van der Waals surface area contributed by atoms with Crippen LogP contribution in [0.15, 0.2) is 0 Å². The van der Waals surface area contributed by atoms with Crippen LogP contribution in [0.3, 0.4) is 0 Å². The second-order valence-corrected chi connectivity index (χ2v) is 8.52. The first kappa shape index (κ1) is 32.0. The van der Waals surface area contributed by atoms with E-state index in [1.807, 2.05) is 13.8 Å². The third kappa shape index (κ3) is 24.6. The maximum Gasteiger partial charge on any atom is 1.00 e. The Bertz CT molecular complexity index is 288. The van der Waals surface area contributed by atoms with Crippen molar-refractivity contribution in [2.75, 3.05) is 26.5 Å². The van der Waals surface area contributed by atoms with Crippen LogP contribution in [0.2, 0.25) is 0 Å². The van der Waals surface area contributed by atoms with Crippen molar-refractivity contribution in [2.45, 2.75) is 52.4 Å². The molecule has 2 unspecified atom stereocenters. The molecule has 0 aliphatic heterocycles. The standard InChI is InChI=1S/2C6H15O3P.2Na/c2*1-3-4-5-6-10(7,8)9-2;;/h2*3-6H2,1-2H3,(H,7,8);;/q;;2*+1/p-2. The third-order valence-electron chi connectivity index (χ3n) is 2.63. The Balaban J connectivity index is -0.000000135. The SMILES string of the molecule is CCCCCP(=O)([O-])OC.CCCCCP(=O)([O-])OC.[Na+].[Na+]. The summed E-state index contributed by atoms with van der Waals surface area (Å²) in [5, 5.41) is 0. The van der Waals surface area contributed by atoms with Crippen LogP contribution in [0, 0.1) is 0 Å². The average molecular weight is 376 g/mol. The van der Waals surface area contributed by atoms with Gasteiger partial charge in [0.05, 0.1) is 0 Å². The van der Waals surface area contributed by atoms with E-state index in [4.69, 9.17) is 0 Å². The van der Waals surface area contributed by atoms with E-state index < -0.39 is 15.2 Å². The van der Waals surface area contributed by atoms with Gasteiger partial charge in [0.1, 0.15) is 15.2 Å². The molecule has 2 atom stereocenters. The molecule has 0 aromatic carbocycles. The summed E-state index contributed by atoms with van der Waals surface area (Å²) in [5.74, 6) is 0. The van der Waals surface area contributed by atoms with Crippen molar-refractivity contribution in [1.82, 2.24) is 0 Å². The topological polar surface area (TPSA) is 98.7 Å². The molecule has 124 valence electrons. The molecular formula is C12H28Na2O6P2. The predicted molar refractivity (Wildman–Crippen MR) is 78.0 cm³/mol. The zero-order valence-corrected chi connectivity index (χ0v) is 20.8. The Morgan fingerprint density at radius 2 is 1.00 bits per heavy atom. The molecule has 0 amide bonds. The van der Waals surface area contributed by atoms with Crippen LogP contribution >= 0.6 is 15.2 Å². The van der Waals surface area contributed by atoms with Crippen LogP contribution in [-0.4, -0.2) is 26.5 Å². The molecule has 0 bridgehead atoms. The molecule has 0 aromatic heterocycles. The minimum atomic E-state index is -3.45. The monoisotopic (exact) mass is 376 g/mol. The second kappa shape index (κ2) is 19.6. The fourth-order valence-corrected chi connectivity index (χ4v) is 2.88. The smallest absolute Gasteiger partial charge is 0.779 e. The first-order valence-electron chi connectivity index (χ1n) is 6.96. The van der Waals surface area contributed by atoms with Crippen molar-refractivity contribution < 1.29 is 87.1 Å². The van der Waals surface area contributed by atoms with Gasteiger partial charge in [-0.2, -0.15) is 0 Å². The predicted octanol–water partition coefficient (Wildman–Crippen LogP) is -3.24. The molecule has 0 aliphatic rings. The van der Waals surface area contributed by atoms with Crippen molar-refractivity contribution in [1.29, 1.82) is 0 Å². The van der Waals surface area contributed by atoms with E-state index in [0.717, 1.165) is 25.7 Å². The summed E-state index contributed by atoms with van der Waals surface area (Å²) in [6, 6.07) is 0. The van der Waals surface area contributed by atoms with Gasteiger partial charge in [-0.1, -0.05) is 39.5 Å². The third-order valence-corrected chi connectivity index (χ3v) is 5.47. The molecule has 10 heteroatoms. The van der Waals surface area contributed by atoms with Crippen molar-refractivity contribution >= 4 is 15.2 Å². The van der Waals surface area contributed by atoms with E-state index in [-0.39, 0.29) is 71.4 Å². The largest absolute Gasteiger partial charge is 1.00 e. The zero-order valence-electron chi connectivity index (χ0n) is 15.0. The van der Waals surface area contributed by atoms with Gasteiger partial charge in [0, 0.05) is 26.5 Å². The Kier molecular flexibility index (Phi) is 28.6. The minimum absolute atomic E-state index is 0. The summed E-state index contributed by atoms with van der Waals surface area (Å²) < 4.78 is 29.9. The van der Waals surface area contributed by atoms with E-state index >= 15 is 0 Å². The van der Waals surface area contributed by atoms with Crippen LogP contribution in [0.1, 0.15) is 52.4 Å². The van der Waals surface area contributed by atoms with Gasteiger partial charge in [0.2, 0.25) is 0 Å².